The standard InChI is InChI=1S/C15H16FN3O3S/c1-23(21,22)19-13-8-6-12(7-9-13)18-15(20)17-10-11-4-2-3-5-14(11)16/h2-9,19H,10H2,1H3,(H2,17,18,20). The Morgan fingerprint density at radius 3 is 2.26 bits per heavy atom. The molecule has 2 rings (SSSR count). The lowest BCUT2D eigenvalue weighted by Gasteiger charge is -2.09. The van der Waals surface area contributed by atoms with E-state index in [1.807, 2.05) is 0 Å². The highest BCUT2D eigenvalue weighted by molar-refractivity contribution is 7.92. The third-order valence-electron chi connectivity index (χ3n) is 2.84. The molecule has 0 spiro atoms. The molecule has 122 valence electrons. The molecule has 0 unspecified atom stereocenters. The highest BCUT2D eigenvalue weighted by Gasteiger charge is 2.05. The Labute approximate surface area is 133 Å². The van der Waals surface area contributed by atoms with Gasteiger partial charge in [0.15, 0.2) is 0 Å². The van der Waals surface area contributed by atoms with Crippen molar-refractivity contribution in [2.24, 2.45) is 0 Å². The summed E-state index contributed by atoms with van der Waals surface area (Å²) >= 11 is 0. The van der Waals surface area contributed by atoms with E-state index in [9.17, 15) is 17.6 Å². The van der Waals surface area contributed by atoms with E-state index in [1.54, 1.807) is 30.3 Å². The molecule has 0 aromatic heterocycles. The van der Waals surface area contributed by atoms with Crippen LogP contribution in [0.2, 0.25) is 0 Å². The normalized spacial score (nSPS) is 10.9. The number of benzene rings is 2. The summed E-state index contributed by atoms with van der Waals surface area (Å²) in [6, 6.07) is 11.8. The Morgan fingerprint density at radius 2 is 1.65 bits per heavy atom. The Hall–Kier alpha value is -2.61. The van der Waals surface area contributed by atoms with Gasteiger partial charge in [0.05, 0.1) is 6.26 Å². The van der Waals surface area contributed by atoms with Crippen LogP contribution in [0.5, 0.6) is 0 Å². The fraction of sp³-hybridized carbons (Fsp3) is 0.133. The Balaban J connectivity index is 1.89. The first kappa shape index (κ1) is 16.8. The van der Waals surface area contributed by atoms with E-state index in [0.29, 0.717) is 16.9 Å². The zero-order valence-corrected chi connectivity index (χ0v) is 13.2. The number of urea groups is 1. The Morgan fingerprint density at radius 1 is 1.04 bits per heavy atom. The number of sulfonamides is 1. The van der Waals surface area contributed by atoms with Gasteiger partial charge >= 0.3 is 6.03 Å². The van der Waals surface area contributed by atoms with Gasteiger partial charge < -0.3 is 10.6 Å². The number of amides is 2. The molecule has 0 aliphatic heterocycles. The number of halogens is 1. The van der Waals surface area contributed by atoms with E-state index in [4.69, 9.17) is 0 Å². The van der Waals surface area contributed by atoms with Crippen LogP contribution < -0.4 is 15.4 Å². The van der Waals surface area contributed by atoms with Crippen molar-refractivity contribution >= 4 is 27.4 Å². The number of rotatable bonds is 5. The topological polar surface area (TPSA) is 87.3 Å². The van der Waals surface area contributed by atoms with Crippen molar-refractivity contribution in [2.45, 2.75) is 6.54 Å². The van der Waals surface area contributed by atoms with E-state index >= 15 is 0 Å². The second-order valence-corrected chi connectivity index (χ2v) is 6.60. The highest BCUT2D eigenvalue weighted by atomic mass is 32.2. The lowest BCUT2D eigenvalue weighted by molar-refractivity contribution is 0.251. The average Bonchev–Trinajstić information content (AvgIpc) is 2.47. The lowest BCUT2D eigenvalue weighted by atomic mass is 10.2. The summed E-state index contributed by atoms with van der Waals surface area (Å²) in [6.07, 6.45) is 1.05. The van der Waals surface area contributed by atoms with Gasteiger partial charge in [-0.3, -0.25) is 4.72 Å². The molecule has 0 bridgehead atoms. The second-order valence-electron chi connectivity index (χ2n) is 4.85. The summed E-state index contributed by atoms with van der Waals surface area (Å²) < 4.78 is 37.9. The predicted molar refractivity (Wildman–Crippen MR) is 87.2 cm³/mol. The van der Waals surface area contributed by atoms with Gasteiger partial charge in [-0.25, -0.2) is 17.6 Å². The molecule has 0 aliphatic rings. The van der Waals surface area contributed by atoms with Crippen molar-refractivity contribution in [1.82, 2.24) is 5.32 Å². The Kier molecular flexibility index (Phi) is 5.17. The van der Waals surface area contributed by atoms with Crippen molar-refractivity contribution in [3.63, 3.8) is 0 Å². The average molecular weight is 337 g/mol. The molecule has 3 N–H and O–H groups in total. The molecule has 23 heavy (non-hydrogen) atoms. The van der Waals surface area contributed by atoms with Crippen molar-refractivity contribution in [3.8, 4) is 0 Å². The maximum Gasteiger partial charge on any atom is 0.319 e. The largest absolute Gasteiger partial charge is 0.334 e. The SMILES string of the molecule is CS(=O)(=O)Nc1ccc(NC(=O)NCc2ccccc2F)cc1. The molecule has 0 aliphatic carbocycles. The van der Waals surface area contributed by atoms with Crippen LogP contribution in [0.15, 0.2) is 48.5 Å². The smallest absolute Gasteiger partial charge is 0.319 e. The third kappa shape index (κ3) is 5.59. The summed E-state index contributed by atoms with van der Waals surface area (Å²) in [4.78, 5) is 11.8. The van der Waals surface area contributed by atoms with Crippen LogP contribution in [0.4, 0.5) is 20.6 Å². The number of hydrogen-bond acceptors (Lipinski definition) is 3. The molecule has 0 heterocycles. The first-order chi connectivity index (χ1) is 10.8. The first-order valence-electron chi connectivity index (χ1n) is 6.69. The van der Waals surface area contributed by atoms with Crippen LogP contribution in [-0.2, 0) is 16.6 Å². The maximum absolute atomic E-state index is 13.4. The zero-order chi connectivity index (χ0) is 16.9. The fourth-order valence-electron chi connectivity index (χ4n) is 1.83. The minimum Gasteiger partial charge on any atom is -0.334 e. The van der Waals surface area contributed by atoms with Gasteiger partial charge in [-0.15, -0.1) is 0 Å². The number of carbonyl (C=O) groups is 1. The van der Waals surface area contributed by atoms with Crippen LogP contribution >= 0.6 is 0 Å². The van der Waals surface area contributed by atoms with Crippen LogP contribution in [0, 0.1) is 5.82 Å². The summed E-state index contributed by atoms with van der Waals surface area (Å²) in [5.41, 5.74) is 1.26. The first-order valence-corrected chi connectivity index (χ1v) is 8.59. The predicted octanol–water partition coefficient (Wildman–Crippen LogP) is 2.52. The monoisotopic (exact) mass is 337 g/mol. The molecule has 2 aromatic rings. The molecule has 0 radical (unpaired) electrons. The number of carbonyl (C=O) groups excluding carboxylic acids is 1. The van der Waals surface area contributed by atoms with E-state index in [1.165, 1.54) is 18.2 Å². The van der Waals surface area contributed by atoms with Gasteiger partial charge in [-0.1, -0.05) is 18.2 Å². The lowest BCUT2D eigenvalue weighted by Crippen LogP contribution is -2.28. The van der Waals surface area contributed by atoms with E-state index in [0.717, 1.165) is 6.26 Å². The summed E-state index contributed by atoms with van der Waals surface area (Å²) in [5.74, 6) is -0.385. The minimum absolute atomic E-state index is 0.0617. The summed E-state index contributed by atoms with van der Waals surface area (Å²) in [6.45, 7) is 0.0617. The molecule has 2 aromatic carbocycles. The molecule has 0 saturated carbocycles. The van der Waals surface area contributed by atoms with Crippen molar-refractivity contribution in [3.05, 3.63) is 59.9 Å². The minimum atomic E-state index is -3.34. The number of hydrogen-bond donors (Lipinski definition) is 3. The highest BCUT2D eigenvalue weighted by Crippen LogP contribution is 2.14. The van der Waals surface area contributed by atoms with E-state index < -0.39 is 16.1 Å². The van der Waals surface area contributed by atoms with Gasteiger partial charge in [0, 0.05) is 23.5 Å². The van der Waals surface area contributed by atoms with Crippen LogP contribution in [0.25, 0.3) is 0 Å². The second kappa shape index (κ2) is 7.10. The Bertz CT molecular complexity index is 792. The van der Waals surface area contributed by atoms with Gasteiger partial charge in [0.2, 0.25) is 10.0 Å². The van der Waals surface area contributed by atoms with Gasteiger partial charge in [-0.2, -0.15) is 0 Å². The quantitative estimate of drug-likeness (QED) is 0.783. The van der Waals surface area contributed by atoms with E-state index in [2.05, 4.69) is 15.4 Å². The van der Waals surface area contributed by atoms with E-state index in [-0.39, 0.29) is 12.4 Å². The molecule has 0 saturated heterocycles. The van der Waals surface area contributed by atoms with Gasteiger partial charge in [0.1, 0.15) is 5.82 Å². The molecule has 8 heteroatoms. The van der Waals surface area contributed by atoms with Crippen LogP contribution in [0.1, 0.15) is 5.56 Å². The summed E-state index contributed by atoms with van der Waals surface area (Å²) in [7, 11) is -3.34. The number of anilines is 2. The zero-order valence-electron chi connectivity index (χ0n) is 12.3. The number of nitrogens with one attached hydrogen (secondary N) is 3. The maximum atomic E-state index is 13.4. The van der Waals surface area contributed by atoms with Gasteiger partial charge in [0.25, 0.3) is 0 Å². The molecular formula is C15H16FN3O3S. The molecule has 0 atom stereocenters. The van der Waals surface area contributed by atoms with Crippen molar-refractivity contribution in [1.29, 1.82) is 0 Å². The van der Waals surface area contributed by atoms with Crippen molar-refractivity contribution < 1.29 is 17.6 Å². The molecule has 0 fully saturated rings. The van der Waals surface area contributed by atoms with Crippen LogP contribution in [-0.4, -0.2) is 20.7 Å². The summed E-state index contributed by atoms with van der Waals surface area (Å²) in [5, 5.41) is 5.11. The van der Waals surface area contributed by atoms with Crippen LogP contribution in [0.3, 0.4) is 0 Å². The molecule has 6 nitrogen and oxygen atoms in total. The molecule has 2 amide bonds. The third-order valence-corrected chi connectivity index (χ3v) is 3.45. The molecular weight excluding hydrogens is 321 g/mol. The van der Waals surface area contributed by atoms with Gasteiger partial charge in [-0.05, 0) is 30.3 Å². The van der Waals surface area contributed by atoms with Crippen molar-refractivity contribution in [2.75, 3.05) is 16.3 Å². The fourth-order valence-corrected chi connectivity index (χ4v) is 2.39.